The van der Waals surface area contributed by atoms with Crippen molar-refractivity contribution in [1.29, 1.82) is 0 Å². The van der Waals surface area contributed by atoms with Crippen molar-refractivity contribution in [3.8, 4) is 0 Å². The molecule has 2 rings (SSSR count). The molecule has 5 heteroatoms. The van der Waals surface area contributed by atoms with Gasteiger partial charge in [0, 0.05) is 26.2 Å². The fraction of sp³-hybridized carbons (Fsp3) is 0.538. The van der Waals surface area contributed by atoms with Crippen LogP contribution in [0.1, 0.15) is 19.0 Å². The number of nitrogens with one attached hydrogen (secondary N) is 2. The predicted molar refractivity (Wildman–Crippen MR) is 71.3 cm³/mol. The van der Waals surface area contributed by atoms with Crippen LogP contribution in [-0.4, -0.2) is 42.0 Å². The maximum Gasteiger partial charge on any atom is 0.234 e. The SMILES string of the molecule is CCNc1cccc(CN2CCCNC(=O)C2)n1. The Bertz CT molecular complexity index is 408. The molecule has 0 spiro atoms. The van der Waals surface area contributed by atoms with E-state index in [2.05, 4.69) is 20.5 Å². The Labute approximate surface area is 108 Å². The number of amides is 1. The number of carbonyl (C=O) groups excluding carboxylic acids is 1. The summed E-state index contributed by atoms with van der Waals surface area (Å²) in [4.78, 5) is 18.1. The second-order valence-electron chi connectivity index (χ2n) is 4.46. The molecule has 0 bridgehead atoms. The molecule has 0 radical (unpaired) electrons. The molecule has 1 aromatic rings. The highest BCUT2D eigenvalue weighted by Crippen LogP contribution is 2.08. The van der Waals surface area contributed by atoms with Crippen molar-refractivity contribution in [3.63, 3.8) is 0 Å². The molecule has 1 aromatic heterocycles. The van der Waals surface area contributed by atoms with Gasteiger partial charge in [0.25, 0.3) is 0 Å². The summed E-state index contributed by atoms with van der Waals surface area (Å²) in [6.45, 7) is 5.82. The molecule has 2 heterocycles. The molecular weight excluding hydrogens is 228 g/mol. The molecule has 98 valence electrons. The average molecular weight is 248 g/mol. The van der Waals surface area contributed by atoms with Gasteiger partial charge in [-0.3, -0.25) is 9.69 Å². The number of aromatic nitrogens is 1. The van der Waals surface area contributed by atoms with E-state index in [9.17, 15) is 4.79 Å². The Hall–Kier alpha value is -1.62. The number of anilines is 1. The largest absolute Gasteiger partial charge is 0.370 e. The van der Waals surface area contributed by atoms with Crippen molar-refractivity contribution >= 4 is 11.7 Å². The first-order chi connectivity index (χ1) is 8.78. The number of carbonyl (C=O) groups is 1. The van der Waals surface area contributed by atoms with Gasteiger partial charge in [-0.25, -0.2) is 4.98 Å². The van der Waals surface area contributed by atoms with Gasteiger partial charge in [-0.1, -0.05) is 6.07 Å². The van der Waals surface area contributed by atoms with Gasteiger partial charge in [-0.15, -0.1) is 0 Å². The Morgan fingerprint density at radius 3 is 3.22 bits per heavy atom. The van der Waals surface area contributed by atoms with E-state index in [1.807, 2.05) is 25.1 Å². The van der Waals surface area contributed by atoms with Crippen molar-refractivity contribution < 1.29 is 4.79 Å². The van der Waals surface area contributed by atoms with E-state index in [0.29, 0.717) is 6.54 Å². The van der Waals surface area contributed by atoms with Crippen LogP contribution in [0.2, 0.25) is 0 Å². The van der Waals surface area contributed by atoms with Crippen LogP contribution in [0.3, 0.4) is 0 Å². The zero-order chi connectivity index (χ0) is 12.8. The number of hydrogen-bond donors (Lipinski definition) is 2. The Morgan fingerprint density at radius 1 is 1.50 bits per heavy atom. The second-order valence-corrected chi connectivity index (χ2v) is 4.46. The zero-order valence-corrected chi connectivity index (χ0v) is 10.8. The minimum Gasteiger partial charge on any atom is -0.370 e. The van der Waals surface area contributed by atoms with Crippen LogP contribution in [0.4, 0.5) is 5.82 Å². The van der Waals surface area contributed by atoms with Gasteiger partial charge in [0.2, 0.25) is 5.91 Å². The lowest BCUT2D eigenvalue weighted by molar-refractivity contribution is -0.121. The summed E-state index contributed by atoms with van der Waals surface area (Å²) >= 11 is 0. The first kappa shape index (κ1) is 12.8. The van der Waals surface area contributed by atoms with Crippen LogP contribution < -0.4 is 10.6 Å². The van der Waals surface area contributed by atoms with Gasteiger partial charge < -0.3 is 10.6 Å². The van der Waals surface area contributed by atoms with Gasteiger partial charge in [0.05, 0.1) is 12.2 Å². The van der Waals surface area contributed by atoms with Crippen molar-refractivity contribution in [2.75, 3.05) is 31.5 Å². The van der Waals surface area contributed by atoms with E-state index in [4.69, 9.17) is 0 Å². The topological polar surface area (TPSA) is 57.3 Å². The summed E-state index contributed by atoms with van der Waals surface area (Å²) in [6, 6.07) is 5.96. The summed E-state index contributed by atoms with van der Waals surface area (Å²) in [7, 11) is 0. The maximum absolute atomic E-state index is 11.5. The summed E-state index contributed by atoms with van der Waals surface area (Å²) < 4.78 is 0. The molecule has 0 saturated carbocycles. The molecule has 0 unspecified atom stereocenters. The molecule has 18 heavy (non-hydrogen) atoms. The molecule has 1 amide bonds. The van der Waals surface area contributed by atoms with Crippen LogP contribution >= 0.6 is 0 Å². The standard InChI is InChI=1S/C13H20N4O/c1-2-14-12-6-3-5-11(16-12)9-17-8-4-7-15-13(18)10-17/h3,5-6H,2,4,7-10H2,1H3,(H,14,16)(H,15,18). The number of rotatable bonds is 4. The lowest BCUT2D eigenvalue weighted by Gasteiger charge is -2.18. The Morgan fingerprint density at radius 2 is 2.39 bits per heavy atom. The van der Waals surface area contributed by atoms with E-state index >= 15 is 0 Å². The summed E-state index contributed by atoms with van der Waals surface area (Å²) in [5.41, 5.74) is 1.00. The van der Waals surface area contributed by atoms with E-state index in [1.54, 1.807) is 0 Å². The molecule has 1 fully saturated rings. The van der Waals surface area contributed by atoms with Crippen LogP contribution in [0.5, 0.6) is 0 Å². The number of nitrogens with zero attached hydrogens (tertiary/aromatic N) is 2. The third-order valence-electron chi connectivity index (χ3n) is 2.89. The third kappa shape index (κ3) is 3.70. The molecule has 1 aliphatic rings. The van der Waals surface area contributed by atoms with Gasteiger partial charge >= 0.3 is 0 Å². The maximum atomic E-state index is 11.5. The fourth-order valence-electron chi connectivity index (χ4n) is 2.08. The highest BCUT2D eigenvalue weighted by molar-refractivity contribution is 5.78. The quantitative estimate of drug-likeness (QED) is 0.829. The van der Waals surface area contributed by atoms with Crippen molar-refractivity contribution in [2.45, 2.75) is 19.9 Å². The summed E-state index contributed by atoms with van der Waals surface area (Å²) in [5, 5.41) is 6.08. The van der Waals surface area contributed by atoms with Crippen LogP contribution in [0.25, 0.3) is 0 Å². The Balaban J connectivity index is 1.99. The van der Waals surface area contributed by atoms with Crippen molar-refractivity contribution in [1.82, 2.24) is 15.2 Å². The smallest absolute Gasteiger partial charge is 0.234 e. The predicted octanol–water partition coefficient (Wildman–Crippen LogP) is 0.835. The van der Waals surface area contributed by atoms with Crippen LogP contribution in [0, 0.1) is 0 Å². The average Bonchev–Trinajstić information content (AvgIpc) is 2.54. The van der Waals surface area contributed by atoms with Gasteiger partial charge in [-0.05, 0) is 25.5 Å². The van der Waals surface area contributed by atoms with Crippen LogP contribution in [0.15, 0.2) is 18.2 Å². The molecule has 1 aliphatic heterocycles. The number of hydrogen-bond acceptors (Lipinski definition) is 4. The molecular formula is C13H20N4O. The van der Waals surface area contributed by atoms with Gasteiger partial charge in [-0.2, -0.15) is 0 Å². The van der Waals surface area contributed by atoms with E-state index in [-0.39, 0.29) is 5.91 Å². The van der Waals surface area contributed by atoms with Gasteiger partial charge in [0.15, 0.2) is 0 Å². The molecule has 5 nitrogen and oxygen atoms in total. The van der Waals surface area contributed by atoms with Crippen molar-refractivity contribution in [2.24, 2.45) is 0 Å². The molecule has 0 aliphatic carbocycles. The minimum absolute atomic E-state index is 0.107. The molecule has 2 N–H and O–H groups in total. The molecule has 0 atom stereocenters. The lowest BCUT2D eigenvalue weighted by Crippen LogP contribution is -2.32. The summed E-state index contributed by atoms with van der Waals surface area (Å²) in [5.74, 6) is 1.00. The Kier molecular flexibility index (Phi) is 4.52. The molecule has 1 saturated heterocycles. The molecule has 0 aromatic carbocycles. The summed E-state index contributed by atoms with van der Waals surface area (Å²) in [6.07, 6.45) is 0.999. The third-order valence-corrected chi connectivity index (χ3v) is 2.89. The van der Waals surface area contributed by atoms with E-state index in [1.165, 1.54) is 0 Å². The fourth-order valence-corrected chi connectivity index (χ4v) is 2.08. The minimum atomic E-state index is 0.107. The lowest BCUT2D eigenvalue weighted by atomic mass is 10.3. The van der Waals surface area contributed by atoms with E-state index in [0.717, 1.165) is 44.1 Å². The van der Waals surface area contributed by atoms with Crippen LogP contribution in [-0.2, 0) is 11.3 Å². The zero-order valence-electron chi connectivity index (χ0n) is 10.8. The van der Waals surface area contributed by atoms with Crippen molar-refractivity contribution in [3.05, 3.63) is 23.9 Å². The first-order valence-electron chi connectivity index (χ1n) is 6.47. The normalized spacial score (nSPS) is 17.1. The van der Waals surface area contributed by atoms with Gasteiger partial charge in [0.1, 0.15) is 5.82 Å². The highest BCUT2D eigenvalue weighted by Gasteiger charge is 2.15. The monoisotopic (exact) mass is 248 g/mol. The highest BCUT2D eigenvalue weighted by atomic mass is 16.2. The number of pyridine rings is 1. The van der Waals surface area contributed by atoms with E-state index < -0.39 is 0 Å². The second kappa shape index (κ2) is 6.35. The first-order valence-corrected chi connectivity index (χ1v) is 6.47.